The van der Waals surface area contributed by atoms with E-state index in [1.165, 1.54) is 244 Å². The van der Waals surface area contributed by atoms with Gasteiger partial charge in [-0.25, -0.2) is 4.79 Å². The number of likely N-dealkylation sites (N-methyl/N-ethyl adjacent to an activating group) is 1. The van der Waals surface area contributed by atoms with Crippen molar-refractivity contribution in [2.24, 2.45) is 0 Å². The quantitative estimate of drug-likeness (QED) is 0.0211. The van der Waals surface area contributed by atoms with E-state index in [-0.39, 0.29) is 38.2 Å². The third-order valence-electron chi connectivity index (χ3n) is 19.1. The number of hydrogen-bond donors (Lipinski definition) is 1. The number of carboxylic acid groups (broad SMARTS) is 1. The fourth-order valence-corrected chi connectivity index (χ4v) is 12.5. The predicted octanol–water partition coefficient (Wildman–Crippen LogP) is 28.9. The molecule has 0 fully saturated rings. The first-order valence-electron chi connectivity index (χ1n) is 44.0. The number of nitrogens with zero attached hydrogens (tertiary/aromatic N) is 1. The lowest BCUT2D eigenvalue weighted by molar-refractivity contribution is -0.870. The van der Waals surface area contributed by atoms with Crippen LogP contribution >= 0.6 is 0 Å². The molecule has 9 nitrogen and oxygen atoms in total. The van der Waals surface area contributed by atoms with E-state index in [9.17, 15) is 19.5 Å². The number of carbonyl (C=O) groups excluding carboxylic acids is 2. The van der Waals surface area contributed by atoms with Crippen LogP contribution in [-0.2, 0) is 33.3 Å². The summed E-state index contributed by atoms with van der Waals surface area (Å²) in [6, 6.07) is 0. The van der Waals surface area contributed by atoms with Crippen molar-refractivity contribution in [3.05, 3.63) is 146 Å². The standard InChI is InChI=1S/C96H165NO8/c1-6-8-10-12-14-16-18-20-22-24-26-28-30-32-34-36-38-40-42-44-46-47-49-51-53-55-57-59-61-63-65-67-69-71-73-75-77-79-81-83-85-87-94(99)105-92(91-104-96(95(100)101)102-89-88-97(3,4)5)90-103-93(98)86-84-82-80-78-76-74-72-70-68-66-64-62-60-58-56-54-52-50-48-45-43-41-39-37-35-33-31-29-27-25-23-21-19-17-15-13-11-9-7-2/h8-11,14-17,20-23,26-29,32-35,38,40,44,46,92,96H,6-7,12-13,18-19,24-25,30-31,36-37,39,41-43,45,47-91H2,1-5H3/p+1/b10-8-,11-9-,16-14-,17-15-,22-20-,23-21-,28-26-,29-27-,34-32-,35-33-,40-38-,46-44-. The van der Waals surface area contributed by atoms with Crippen LogP contribution in [0.2, 0.25) is 0 Å². The average Bonchev–Trinajstić information content (AvgIpc) is 1.18. The van der Waals surface area contributed by atoms with Crippen LogP contribution < -0.4 is 0 Å². The van der Waals surface area contributed by atoms with Crippen molar-refractivity contribution in [3.63, 3.8) is 0 Å². The Kier molecular flexibility index (Phi) is 80.9. The van der Waals surface area contributed by atoms with Crippen LogP contribution in [0.1, 0.15) is 386 Å². The maximum atomic E-state index is 13.0. The minimum Gasteiger partial charge on any atom is -0.477 e. The van der Waals surface area contributed by atoms with E-state index >= 15 is 0 Å². The average molecular weight is 1460 g/mol. The summed E-state index contributed by atoms with van der Waals surface area (Å²) in [5.74, 6) is -1.98. The first kappa shape index (κ1) is 100. The second-order valence-electron chi connectivity index (χ2n) is 30.4. The van der Waals surface area contributed by atoms with E-state index in [1.54, 1.807) is 0 Å². The molecule has 602 valence electrons. The number of esters is 2. The molecular formula is C96H166NO8+. The highest BCUT2D eigenvalue weighted by atomic mass is 16.7. The van der Waals surface area contributed by atoms with Crippen molar-refractivity contribution in [2.45, 2.75) is 399 Å². The van der Waals surface area contributed by atoms with Crippen LogP contribution in [0.3, 0.4) is 0 Å². The van der Waals surface area contributed by atoms with Crippen LogP contribution in [0.5, 0.6) is 0 Å². The first-order chi connectivity index (χ1) is 51.6. The Hall–Kier alpha value is -4.83. The maximum Gasteiger partial charge on any atom is 0.361 e. The topological polar surface area (TPSA) is 108 Å². The predicted molar refractivity (Wildman–Crippen MR) is 456 cm³/mol. The number of hydrogen-bond acceptors (Lipinski definition) is 7. The highest BCUT2D eigenvalue weighted by Crippen LogP contribution is 2.20. The second kappa shape index (κ2) is 84.8. The summed E-state index contributed by atoms with van der Waals surface area (Å²) in [5.41, 5.74) is 0. The first-order valence-corrected chi connectivity index (χ1v) is 44.0. The van der Waals surface area contributed by atoms with Gasteiger partial charge in [-0.3, -0.25) is 9.59 Å². The lowest BCUT2D eigenvalue weighted by Crippen LogP contribution is -2.40. The molecule has 0 aromatic rings. The van der Waals surface area contributed by atoms with Crippen molar-refractivity contribution in [2.75, 3.05) is 47.5 Å². The van der Waals surface area contributed by atoms with Gasteiger partial charge in [-0.1, -0.05) is 404 Å². The summed E-state index contributed by atoms with van der Waals surface area (Å²) < 4.78 is 23.1. The van der Waals surface area contributed by atoms with Crippen LogP contribution in [0, 0.1) is 0 Å². The van der Waals surface area contributed by atoms with Gasteiger partial charge >= 0.3 is 17.9 Å². The van der Waals surface area contributed by atoms with Crippen molar-refractivity contribution >= 4 is 17.9 Å². The van der Waals surface area contributed by atoms with E-state index in [1.807, 2.05) is 21.1 Å². The van der Waals surface area contributed by atoms with E-state index in [4.69, 9.17) is 18.9 Å². The Balaban J connectivity index is 3.96. The molecule has 0 bridgehead atoms. The summed E-state index contributed by atoms with van der Waals surface area (Å²) in [5, 5.41) is 9.80. The second-order valence-corrected chi connectivity index (χ2v) is 30.4. The van der Waals surface area contributed by atoms with Gasteiger partial charge in [-0.15, -0.1) is 0 Å². The normalized spacial score (nSPS) is 13.3. The fraction of sp³-hybridized carbons (Fsp3) is 0.719. The molecular weight excluding hydrogens is 1300 g/mol. The molecule has 0 heterocycles. The summed E-state index contributed by atoms with van der Waals surface area (Å²) in [7, 11) is 5.99. The van der Waals surface area contributed by atoms with Gasteiger partial charge in [-0.2, -0.15) is 0 Å². The Labute approximate surface area is 649 Å². The molecule has 2 unspecified atom stereocenters. The van der Waals surface area contributed by atoms with Gasteiger partial charge < -0.3 is 28.5 Å². The van der Waals surface area contributed by atoms with Gasteiger partial charge in [0, 0.05) is 12.8 Å². The molecule has 0 saturated carbocycles. The van der Waals surface area contributed by atoms with Crippen LogP contribution in [-0.4, -0.2) is 87.4 Å². The Morgan fingerprint density at radius 3 is 0.762 bits per heavy atom. The number of carboxylic acids is 1. The highest BCUT2D eigenvalue weighted by molar-refractivity contribution is 5.71. The zero-order chi connectivity index (χ0) is 76.0. The lowest BCUT2D eigenvalue weighted by Gasteiger charge is -2.25. The Morgan fingerprint density at radius 2 is 0.514 bits per heavy atom. The molecule has 0 aliphatic carbocycles. The SMILES string of the molecule is CC/C=C\C/C=C\C/C=C\C/C=C\C/C=C\C/C=C\C/C=C\CCCCCCCCCCCCCCCCCCCCCC(=O)OC(COC(=O)CCCCCCCCCCCCCCCCCCCCCCCCC/C=C\C/C=C\C/C=C\C/C=C\C/C=C\CC)COC(OCC[N+](C)(C)C)C(=O)O. The molecule has 0 amide bonds. The molecule has 0 radical (unpaired) electrons. The summed E-state index contributed by atoms with van der Waals surface area (Å²) >= 11 is 0. The van der Waals surface area contributed by atoms with E-state index in [2.05, 4.69) is 160 Å². The summed E-state index contributed by atoms with van der Waals surface area (Å²) in [6.45, 7) is 4.69. The third kappa shape index (κ3) is 86.3. The molecule has 9 heteroatoms. The lowest BCUT2D eigenvalue weighted by atomic mass is 10.0. The minimum atomic E-state index is -1.52. The maximum absolute atomic E-state index is 13.0. The number of aliphatic carboxylic acids is 1. The summed E-state index contributed by atoms with van der Waals surface area (Å²) in [4.78, 5) is 37.8. The molecule has 0 spiro atoms. The highest BCUT2D eigenvalue weighted by Gasteiger charge is 2.25. The third-order valence-corrected chi connectivity index (χ3v) is 19.1. The minimum absolute atomic E-state index is 0.182. The van der Waals surface area contributed by atoms with Gasteiger partial charge in [-0.05, 0) is 116 Å². The van der Waals surface area contributed by atoms with Gasteiger partial charge in [0.05, 0.1) is 34.4 Å². The van der Waals surface area contributed by atoms with Crippen molar-refractivity contribution in [3.8, 4) is 0 Å². The molecule has 2 atom stereocenters. The number of rotatable bonds is 81. The van der Waals surface area contributed by atoms with E-state index < -0.39 is 18.4 Å². The number of carbonyl (C=O) groups is 3. The van der Waals surface area contributed by atoms with E-state index in [0.29, 0.717) is 17.4 Å². The smallest absolute Gasteiger partial charge is 0.361 e. The number of unbranched alkanes of at least 4 members (excludes halogenated alkanes) is 42. The van der Waals surface area contributed by atoms with Gasteiger partial charge in [0.25, 0.3) is 6.29 Å². The van der Waals surface area contributed by atoms with Crippen molar-refractivity contribution < 1.29 is 42.9 Å². The largest absolute Gasteiger partial charge is 0.477 e. The van der Waals surface area contributed by atoms with E-state index in [0.717, 1.165) is 116 Å². The zero-order valence-electron chi connectivity index (χ0n) is 69.1. The molecule has 1 N–H and O–H groups in total. The molecule has 0 saturated heterocycles. The van der Waals surface area contributed by atoms with Crippen molar-refractivity contribution in [1.29, 1.82) is 0 Å². The van der Waals surface area contributed by atoms with Crippen molar-refractivity contribution in [1.82, 2.24) is 0 Å². The molecule has 0 aromatic carbocycles. The van der Waals surface area contributed by atoms with Gasteiger partial charge in [0.1, 0.15) is 13.2 Å². The monoisotopic (exact) mass is 1460 g/mol. The van der Waals surface area contributed by atoms with Crippen LogP contribution in [0.25, 0.3) is 0 Å². The fourth-order valence-electron chi connectivity index (χ4n) is 12.5. The van der Waals surface area contributed by atoms with Crippen LogP contribution in [0.4, 0.5) is 0 Å². The molecule has 105 heavy (non-hydrogen) atoms. The van der Waals surface area contributed by atoms with Gasteiger partial charge in [0.15, 0.2) is 6.10 Å². The Morgan fingerprint density at radius 1 is 0.286 bits per heavy atom. The van der Waals surface area contributed by atoms with Crippen LogP contribution in [0.15, 0.2) is 146 Å². The number of quaternary nitrogens is 1. The van der Waals surface area contributed by atoms with Gasteiger partial charge in [0.2, 0.25) is 0 Å². The molecule has 0 aliphatic heterocycles. The molecule has 0 rings (SSSR count). The summed E-state index contributed by atoms with van der Waals surface area (Å²) in [6.07, 6.45) is 122. The number of allylic oxidation sites excluding steroid dienone is 24. The number of ether oxygens (including phenoxy) is 4. The zero-order valence-corrected chi connectivity index (χ0v) is 69.1. The Bertz CT molecular complexity index is 2250. The molecule has 0 aliphatic rings. The molecule has 0 aromatic heterocycles.